The van der Waals surface area contributed by atoms with Crippen molar-refractivity contribution in [1.29, 1.82) is 0 Å². The highest BCUT2D eigenvalue weighted by Crippen LogP contribution is 2.26. The minimum Gasteiger partial charge on any atom is -0.399 e. The van der Waals surface area contributed by atoms with E-state index in [1.165, 1.54) is 6.26 Å². The Bertz CT molecular complexity index is 658. The zero-order valence-electron chi connectivity index (χ0n) is 9.72. The maximum Gasteiger partial charge on any atom is 0.175 e. The number of hydrogen-bond acceptors (Lipinski definition) is 3. The standard InChI is InChI=1S/C13H12ClNO2S/c1-18(16,17)13-4-2-9(3-5-13)10-6-11(14)8-12(15)7-10/h2-8H,15H2,1H3. The summed E-state index contributed by atoms with van der Waals surface area (Å²) >= 11 is 5.93. The molecule has 0 bridgehead atoms. The molecule has 94 valence electrons. The average Bonchev–Trinajstić information content (AvgIpc) is 2.27. The van der Waals surface area contributed by atoms with Gasteiger partial charge in [-0.3, -0.25) is 0 Å². The molecular weight excluding hydrogens is 270 g/mol. The minimum absolute atomic E-state index is 0.293. The largest absolute Gasteiger partial charge is 0.399 e. The van der Waals surface area contributed by atoms with E-state index in [1.54, 1.807) is 42.5 Å². The van der Waals surface area contributed by atoms with E-state index in [2.05, 4.69) is 0 Å². The van der Waals surface area contributed by atoms with Gasteiger partial charge in [-0.05, 0) is 41.5 Å². The van der Waals surface area contributed by atoms with E-state index >= 15 is 0 Å². The van der Waals surface area contributed by atoms with Crippen molar-refractivity contribution in [2.45, 2.75) is 4.90 Å². The van der Waals surface area contributed by atoms with E-state index in [-0.39, 0.29) is 0 Å². The first kappa shape index (κ1) is 12.9. The van der Waals surface area contributed by atoms with Crippen molar-refractivity contribution in [3.8, 4) is 11.1 Å². The van der Waals surface area contributed by atoms with Gasteiger partial charge < -0.3 is 5.73 Å². The molecule has 18 heavy (non-hydrogen) atoms. The Hall–Kier alpha value is -1.52. The third-order valence-corrected chi connectivity index (χ3v) is 3.88. The lowest BCUT2D eigenvalue weighted by Gasteiger charge is -2.05. The quantitative estimate of drug-likeness (QED) is 0.861. The molecular formula is C13H12ClNO2S. The number of halogens is 1. The first-order valence-electron chi connectivity index (χ1n) is 5.23. The van der Waals surface area contributed by atoms with Crippen LogP contribution >= 0.6 is 11.6 Å². The summed E-state index contributed by atoms with van der Waals surface area (Å²) < 4.78 is 22.7. The summed E-state index contributed by atoms with van der Waals surface area (Å²) in [6, 6.07) is 11.9. The molecule has 2 rings (SSSR count). The number of benzene rings is 2. The highest BCUT2D eigenvalue weighted by atomic mass is 35.5. The van der Waals surface area contributed by atoms with Gasteiger partial charge in [0.25, 0.3) is 0 Å². The van der Waals surface area contributed by atoms with Gasteiger partial charge in [0, 0.05) is 17.0 Å². The molecule has 0 radical (unpaired) electrons. The predicted molar refractivity (Wildman–Crippen MR) is 74.4 cm³/mol. The predicted octanol–water partition coefficient (Wildman–Crippen LogP) is 2.99. The van der Waals surface area contributed by atoms with Gasteiger partial charge >= 0.3 is 0 Å². The van der Waals surface area contributed by atoms with Crippen LogP contribution in [-0.2, 0) is 9.84 Å². The van der Waals surface area contributed by atoms with Crippen LogP contribution < -0.4 is 5.73 Å². The Morgan fingerprint density at radius 3 is 2.11 bits per heavy atom. The van der Waals surface area contributed by atoms with Crippen LogP contribution in [0.3, 0.4) is 0 Å². The zero-order valence-corrected chi connectivity index (χ0v) is 11.3. The molecule has 0 aliphatic carbocycles. The Morgan fingerprint density at radius 1 is 1.00 bits per heavy atom. The highest BCUT2D eigenvalue weighted by Gasteiger charge is 2.07. The van der Waals surface area contributed by atoms with Gasteiger partial charge in [0.05, 0.1) is 4.90 Å². The van der Waals surface area contributed by atoms with Crippen LogP contribution in [0.4, 0.5) is 5.69 Å². The molecule has 2 N–H and O–H groups in total. The summed E-state index contributed by atoms with van der Waals surface area (Å²) in [4.78, 5) is 0.293. The zero-order chi connectivity index (χ0) is 13.3. The lowest BCUT2D eigenvalue weighted by atomic mass is 10.1. The summed E-state index contributed by atoms with van der Waals surface area (Å²) in [5.74, 6) is 0. The SMILES string of the molecule is CS(=O)(=O)c1ccc(-c2cc(N)cc(Cl)c2)cc1. The van der Waals surface area contributed by atoms with Gasteiger partial charge in [-0.1, -0.05) is 23.7 Å². The van der Waals surface area contributed by atoms with E-state index in [4.69, 9.17) is 17.3 Å². The summed E-state index contributed by atoms with van der Waals surface area (Å²) in [6.07, 6.45) is 1.18. The monoisotopic (exact) mass is 281 g/mol. The molecule has 3 nitrogen and oxygen atoms in total. The average molecular weight is 282 g/mol. The molecule has 0 unspecified atom stereocenters. The molecule has 0 spiro atoms. The van der Waals surface area contributed by atoms with E-state index < -0.39 is 9.84 Å². The maximum atomic E-state index is 11.3. The van der Waals surface area contributed by atoms with Gasteiger partial charge in [-0.25, -0.2) is 8.42 Å². The van der Waals surface area contributed by atoms with Crippen molar-refractivity contribution in [2.24, 2.45) is 0 Å². The molecule has 0 amide bonds. The molecule has 0 saturated carbocycles. The van der Waals surface area contributed by atoms with Crippen LogP contribution in [0.1, 0.15) is 0 Å². The number of rotatable bonds is 2. The molecule has 2 aromatic rings. The van der Waals surface area contributed by atoms with Gasteiger partial charge in [-0.2, -0.15) is 0 Å². The first-order chi connectivity index (χ1) is 8.36. The summed E-state index contributed by atoms with van der Waals surface area (Å²) in [7, 11) is -3.17. The van der Waals surface area contributed by atoms with Gasteiger partial charge in [0.2, 0.25) is 0 Å². The fourth-order valence-corrected chi connectivity index (χ4v) is 2.55. The fraction of sp³-hybridized carbons (Fsp3) is 0.0769. The van der Waals surface area contributed by atoms with Crippen molar-refractivity contribution in [3.63, 3.8) is 0 Å². The molecule has 0 aromatic heterocycles. The van der Waals surface area contributed by atoms with Crippen molar-refractivity contribution >= 4 is 27.1 Å². The second-order valence-corrected chi connectivity index (χ2v) is 6.52. The minimum atomic E-state index is -3.17. The number of anilines is 1. The second kappa shape index (κ2) is 4.63. The van der Waals surface area contributed by atoms with Crippen LogP contribution in [0.5, 0.6) is 0 Å². The molecule has 0 aliphatic heterocycles. The molecule has 0 heterocycles. The number of sulfone groups is 1. The smallest absolute Gasteiger partial charge is 0.175 e. The van der Waals surface area contributed by atoms with Gasteiger partial charge in [-0.15, -0.1) is 0 Å². The number of nitrogen functional groups attached to an aromatic ring is 1. The topological polar surface area (TPSA) is 60.2 Å². The van der Waals surface area contributed by atoms with Crippen molar-refractivity contribution in [2.75, 3.05) is 12.0 Å². The molecule has 2 aromatic carbocycles. The lowest BCUT2D eigenvalue weighted by Crippen LogP contribution is -1.96. The molecule has 0 aliphatic rings. The first-order valence-corrected chi connectivity index (χ1v) is 7.50. The van der Waals surface area contributed by atoms with Crippen molar-refractivity contribution in [3.05, 3.63) is 47.5 Å². The molecule has 0 saturated heterocycles. The summed E-state index contributed by atoms with van der Waals surface area (Å²) in [5.41, 5.74) is 8.02. The summed E-state index contributed by atoms with van der Waals surface area (Å²) in [6.45, 7) is 0. The Morgan fingerprint density at radius 2 is 1.61 bits per heavy atom. The van der Waals surface area contributed by atoms with E-state index in [1.807, 2.05) is 0 Å². The van der Waals surface area contributed by atoms with Crippen molar-refractivity contribution < 1.29 is 8.42 Å². The Kier molecular flexibility index (Phi) is 3.32. The molecule has 0 atom stereocenters. The van der Waals surface area contributed by atoms with Crippen LogP contribution in [-0.4, -0.2) is 14.7 Å². The Labute approximate surface area is 111 Å². The van der Waals surface area contributed by atoms with Crippen LogP contribution in [0, 0.1) is 0 Å². The van der Waals surface area contributed by atoms with Crippen LogP contribution in [0.2, 0.25) is 5.02 Å². The highest BCUT2D eigenvalue weighted by molar-refractivity contribution is 7.90. The van der Waals surface area contributed by atoms with Crippen LogP contribution in [0.25, 0.3) is 11.1 Å². The molecule has 0 fully saturated rings. The fourth-order valence-electron chi connectivity index (χ4n) is 1.67. The number of nitrogens with two attached hydrogens (primary N) is 1. The van der Waals surface area contributed by atoms with Crippen molar-refractivity contribution in [1.82, 2.24) is 0 Å². The third-order valence-electron chi connectivity index (χ3n) is 2.54. The van der Waals surface area contributed by atoms with Gasteiger partial charge in [0.15, 0.2) is 9.84 Å². The van der Waals surface area contributed by atoms with Gasteiger partial charge in [0.1, 0.15) is 0 Å². The lowest BCUT2D eigenvalue weighted by molar-refractivity contribution is 0.602. The van der Waals surface area contributed by atoms with E-state index in [0.717, 1.165) is 11.1 Å². The second-order valence-electron chi connectivity index (χ2n) is 4.07. The molecule has 5 heteroatoms. The number of hydrogen-bond donors (Lipinski definition) is 1. The normalized spacial score (nSPS) is 11.4. The van der Waals surface area contributed by atoms with Crippen LogP contribution in [0.15, 0.2) is 47.4 Å². The third kappa shape index (κ3) is 2.83. The van der Waals surface area contributed by atoms with E-state index in [9.17, 15) is 8.42 Å². The Balaban J connectivity index is 2.46. The summed E-state index contributed by atoms with van der Waals surface area (Å²) in [5, 5.41) is 0.553. The maximum absolute atomic E-state index is 11.3. The van der Waals surface area contributed by atoms with E-state index in [0.29, 0.717) is 15.6 Å².